The van der Waals surface area contributed by atoms with Crippen LogP contribution in [0.15, 0.2) is 18.2 Å². The van der Waals surface area contributed by atoms with E-state index < -0.39 is 5.82 Å². The molecule has 16 heavy (non-hydrogen) atoms. The van der Waals surface area contributed by atoms with Crippen LogP contribution < -0.4 is 10.1 Å². The lowest BCUT2D eigenvalue weighted by Crippen LogP contribution is -2.19. The van der Waals surface area contributed by atoms with E-state index in [9.17, 15) is 9.18 Å². The molecule has 1 aromatic rings. The molecule has 0 aliphatic rings. The molecule has 0 spiro atoms. The average Bonchev–Trinajstić information content (AvgIpc) is 2.26. The van der Waals surface area contributed by atoms with E-state index in [0.717, 1.165) is 0 Å². The van der Waals surface area contributed by atoms with E-state index in [2.05, 4.69) is 17.2 Å². The molecule has 0 aromatic heterocycles. The van der Waals surface area contributed by atoms with Crippen LogP contribution in [-0.4, -0.2) is 19.6 Å². The maximum atomic E-state index is 13.0. The average molecular weight is 221 g/mol. The highest BCUT2D eigenvalue weighted by molar-refractivity contribution is 5.73. The zero-order valence-electron chi connectivity index (χ0n) is 9.13. The number of carbonyl (C=O) groups excluding carboxylic acids is 1. The smallest absolute Gasteiger partial charge is 0.217 e. The first kappa shape index (κ1) is 12.1. The summed E-state index contributed by atoms with van der Waals surface area (Å²) in [6.45, 7) is 1.69. The number of benzene rings is 1. The lowest BCUT2D eigenvalue weighted by molar-refractivity contribution is -0.118. The molecule has 0 bridgehead atoms. The monoisotopic (exact) mass is 221 g/mol. The third-order valence-corrected chi connectivity index (χ3v) is 1.81. The highest BCUT2D eigenvalue weighted by Crippen LogP contribution is 2.17. The number of amides is 1. The molecular weight excluding hydrogens is 209 g/mol. The van der Waals surface area contributed by atoms with Gasteiger partial charge in [0, 0.05) is 12.5 Å². The Morgan fingerprint density at radius 3 is 2.94 bits per heavy atom. The van der Waals surface area contributed by atoms with Gasteiger partial charge in [-0.25, -0.2) is 4.39 Å². The normalized spacial score (nSPS) is 8.94. The number of ether oxygens (including phenoxy) is 1. The maximum Gasteiger partial charge on any atom is 0.217 e. The first-order valence-corrected chi connectivity index (χ1v) is 4.70. The standard InChI is InChI=1S/C12H12FNO2/c1-9(15)14-7-3-4-10-5-6-11(13)12(8-10)16-2/h5-6,8H,7H2,1-2H3,(H,14,15). The minimum absolute atomic E-state index is 0.133. The second-order valence-corrected chi connectivity index (χ2v) is 3.06. The summed E-state index contributed by atoms with van der Waals surface area (Å²) in [5, 5.41) is 2.54. The molecule has 1 N–H and O–H groups in total. The van der Waals surface area contributed by atoms with Crippen LogP contribution in [0.1, 0.15) is 12.5 Å². The van der Waals surface area contributed by atoms with Gasteiger partial charge in [0.2, 0.25) is 5.91 Å². The van der Waals surface area contributed by atoms with Crippen molar-refractivity contribution in [3.63, 3.8) is 0 Å². The quantitative estimate of drug-likeness (QED) is 0.765. The molecule has 3 nitrogen and oxygen atoms in total. The van der Waals surface area contributed by atoms with Crippen LogP contribution >= 0.6 is 0 Å². The first-order chi connectivity index (χ1) is 7.63. The minimum Gasteiger partial charge on any atom is -0.494 e. The molecule has 0 aliphatic carbocycles. The Balaban J connectivity index is 2.70. The van der Waals surface area contributed by atoms with Crippen molar-refractivity contribution in [1.29, 1.82) is 0 Å². The van der Waals surface area contributed by atoms with Crippen LogP contribution in [0, 0.1) is 17.7 Å². The summed E-state index contributed by atoms with van der Waals surface area (Å²) in [5.74, 6) is 5.14. The van der Waals surface area contributed by atoms with Gasteiger partial charge in [0.1, 0.15) is 0 Å². The number of halogens is 1. The predicted octanol–water partition coefficient (Wildman–Crippen LogP) is 1.32. The molecule has 0 unspecified atom stereocenters. The zero-order valence-corrected chi connectivity index (χ0v) is 9.13. The number of rotatable bonds is 2. The second-order valence-electron chi connectivity index (χ2n) is 3.06. The Labute approximate surface area is 93.6 Å². The Morgan fingerprint density at radius 1 is 1.56 bits per heavy atom. The fraction of sp³-hybridized carbons (Fsp3) is 0.250. The van der Waals surface area contributed by atoms with E-state index >= 15 is 0 Å². The second kappa shape index (κ2) is 5.76. The number of hydrogen-bond acceptors (Lipinski definition) is 2. The fourth-order valence-electron chi connectivity index (χ4n) is 1.05. The van der Waals surface area contributed by atoms with Crippen LogP contribution in [0.3, 0.4) is 0 Å². The van der Waals surface area contributed by atoms with Crippen molar-refractivity contribution in [3.05, 3.63) is 29.6 Å². The molecule has 1 rings (SSSR count). The Bertz CT molecular complexity index is 446. The SMILES string of the molecule is COc1cc(C#CCNC(C)=O)ccc1F. The maximum absolute atomic E-state index is 13.0. The van der Waals surface area contributed by atoms with Gasteiger partial charge in [-0.15, -0.1) is 0 Å². The van der Waals surface area contributed by atoms with E-state index in [-0.39, 0.29) is 18.2 Å². The van der Waals surface area contributed by atoms with Crippen molar-refractivity contribution in [1.82, 2.24) is 5.32 Å². The highest BCUT2D eigenvalue weighted by Gasteiger charge is 2.01. The molecule has 1 amide bonds. The van der Waals surface area contributed by atoms with Crippen LogP contribution in [0.2, 0.25) is 0 Å². The van der Waals surface area contributed by atoms with Crippen molar-refractivity contribution in [2.45, 2.75) is 6.92 Å². The summed E-state index contributed by atoms with van der Waals surface area (Å²) < 4.78 is 17.9. The molecule has 0 fully saturated rings. The van der Waals surface area contributed by atoms with Gasteiger partial charge in [-0.2, -0.15) is 0 Å². The van der Waals surface area contributed by atoms with Crippen molar-refractivity contribution in [2.75, 3.05) is 13.7 Å². The number of nitrogens with one attached hydrogen (secondary N) is 1. The Morgan fingerprint density at radius 2 is 2.31 bits per heavy atom. The van der Waals surface area contributed by atoms with Crippen molar-refractivity contribution < 1.29 is 13.9 Å². The van der Waals surface area contributed by atoms with Crippen molar-refractivity contribution >= 4 is 5.91 Å². The molecule has 0 aliphatic heterocycles. The Kier molecular flexibility index (Phi) is 4.34. The Hall–Kier alpha value is -2.02. The summed E-state index contributed by atoms with van der Waals surface area (Å²) in [6, 6.07) is 4.36. The topological polar surface area (TPSA) is 38.3 Å². The first-order valence-electron chi connectivity index (χ1n) is 4.70. The molecule has 0 atom stereocenters. The molecule has 0 saturated carbocycles. The van der Waals surface area contributed by atoms with Crippen molar-refractivity contribution in [2.24, 2.45) is 0 Å². The molecule has 84 valence electrons. The van der Waals surface area contributed by atoms with Gasteiger partial charge in [0.25, 0.3) is 0 Å². The summed E-state index contributed by atoms with van der Waals surface area (Å²) >= 11 is 0. The van der Waals surface area contributed by atoms with Crippen LogP contribution in [-0.2, 0) is 4.79 Å². The van der Waals surface area contributed by atoms with Gasteiger partial charge >= 0.3 is 0 Å². The summed E-state index contributed by atoms with van der Waals surface area (Å²) in [7, 11) is 1.40. The van der Waals surface area contributed by atoms with Gasteiger partial charge in [-0.3, -0.25) is 4.79 Å². The highest BCUT2D eigenvalue weighted by atomic mass is 19.1. The van der Waals surface area contributed by atoms with Crippen LogP contribution in [0.25, 0.3) is 0 Å². The van der Waals surface area contributed by atoms with Crippen LogP contribution in [0.4, 0.5) is 4.39 Å². The van der Waals surface area contributed by atoms with Gasteiger partial charge in [0.05, 0.1) is 13.7 Å². The minimum atomic E-state index is -0.421. The molecule has 1 aromatic carbocycles. The van der Waals surface area contributed by atoms with E-state index in [4.69, 9.17) is 4.74 Å². The third-order valence-electron chi connectivity index (χ3n) is 1.81. The van der Waals surface area contributed by atoms with E-state index in [1.54, 1.807) is 6.07 Å². The summed E-state index contributed by atoms with van der Waals surface area (Å²) in [5.41, 5.74) is 0.642. The van der Waals surface area contributed by atoms with Gasteiger partial charge in [-0.1, -0.05) is 11.8 Å². The van der Waals surface area contributed by atoms with Gasteiger partial charge in [0.15, 0.2) is 11.6 Å². The molecular formula is C12H12FNO2. The molecule has 0 radical (unpaired) electrons. The summed E-state index contributed by atoms with van der Waals surface area (Å²) in [6.07, 6.45) is 0. The predicted molar refractivity (Wildman–Crippen MR) is 58.5 cm³/mol. The van der Waals surface area contributed by atoms with E-state index in [1.807, 2.05) is 0 Å². The largest absolute Gasteiger partial charge is 0.494 e. The summed E-state index contributed by atoms with van der Waals surface area (Å²) in [4.78, 5) is 10.6. The van der Waals surface area contributed by atoms with Crippen molar-refractivity contribution in [3.8, 4) is 17.6 Å². The van der Waals surface area contributed by atoms with Gasteiger partial charge in [-0.05, 0) is 18.2 Å². The number of hydrogen-bond donors (Lipinski definition) is 1. The number of carbonyl (C=O) groups is 1. The fourth-order valence-corrected chi connectivity index (χ4v) is 1.05. The molecule has 4 heteroatoms. The lowest BCUT2D eigenvalue weighted by atomic mass is 10.2. The van der Waals surface area contributed by atoms with Gasteiger partial charge < -0.3 is 10.1 Å². The van der Waals surface area contributed by atoms with E-state index in [0.29, 0.717) is 5.56 Å². The zero-order chi connectivity index (χ0) is 12.0. The van der Waals surface area contributed by atoms with Crippen LogP contribution in [0.5, 0.6) is 5.75 Å². The molecule has 0 saturated heterocycles. The third kappa shape index (κ3) is 3.62. The lowest BCUT2D eigenvalue weighted by Gasteiger charge is -2.00. The molecule has 0 heterocycles. The number of methoxy groups -OCH3 is 1. The van der Waals surface area contributed by atoms with E-state index in [1.165, 1.54) is 26.2 Å².